The van der Waals surface area contributed by atoms with Crippen molar-refractivity contribution in [2.24, 2.45) is 0 Å². The molecule has 21 heavy (non-hydrogen) atoms. The second-order valence-corrected chi connectivity index (χ2v) is 5.26. The summed E-state index contributed by atoms with van der Waals surface area (Å²) in [6.45, 7) is 8.67. The van der Waals surface area contributed by atoms with Crippen molar-refractivity contribution in [1.29, 1.82) is 0 Å². The van der Waals surface area contributed by atoms with Gasteiger partial charge in [0.15, 0.2) is 18.1 Å². The normalized spacial score (nSPS) is 15.9. The van der Waals surface area contributed by atoms with Crippen LogP contribution in [0.5, 0.6) is 11.5 Å². The molecule has 1 aromatic rings. The molecule has 1 aliphatic heterocycles. The first-order valence-corrected chi connectivity index (χ1v) is 7.41. The van der Waals surface area contributed by atoms with E-state index in [1.165, 1.54) is 0 Å². The lowest BCUT2D eigenvalue weighted by molar-refractivity contribution is -0.135. The number of piperazine rings is 1. The van der Waals surface area contributed by atoms with Gasteiger partial charge in [-0.3, -0.25) is 4.79 Å². The average Bonchev–Trinajstić information content (AvgIpc) is 2.53. The van der Waals surface area contributed by atoms with Crippen molar-refractivity contribution < 1.29 is 14.3 Å². The van der Waals surface area contributed by atoms with Crippen molar-refractivity contribution in [2.45, 2.75) is 13.8 Å². The van der Waals surface area contributed by atoms with E-state index in [0.717, 1.165) is 38.3 Å². The molecule has 0 aliphatic carbocycles. The van der Waals surface area contributed by atoms with E-state index in [2.05, 4.69) is 11.8 Å². The molecule has 0 bridgehead atoms. The quantitative estimate of drug-likeness (QED) is 0.826. The van der Waals surface area contributed by atoms with Crippen LogP contribution in [0.3, 0.4) is 0 Å². The number of carbonyl (C=O) groups is 1. The lowest BCUT2D eigenvalue weighted by Gasteiger charge is -2.34. The number of benzene rings is 1. The lowest BCUT2D eigenvalue weighted by atomic mass is 10.2. The van der Waals surface area contributed by atoms with Crippen molar-refractivity contribution in [2.75, 3.05) is 46.4 Å². The van der Waals surface area contributed by atoms with E-state index in [0.29, 0.717) is 11.5 Å². The van der Waals surface area contributed by atoms with Gasteiger partial charge in [-0.2, -0.15) is 0 Å². The highest BCUT2D eigenvalue weighted by Gasteiger charge is 2.20. The van der Waals surface area contributed by atoms with E-state index in [9.17, 15) is 4.79 Å². The first-order valence-electron chi connectivity index (χ1n) is 7.41. The van der Waals surface area contributed by atoms with Gasteiger partial charge < -0.3 is 19.3 Å². The number of methoxy groups -OCH3 is 1. The Morgan fingerprint density at radius 3 is 2.52 bits per heavy atom. The van der Waals surface area contributed by atoms with Crippen molar-refractivity contribution in [3.05, 3.63) is 23.8 Å². The van der Waals surface area contributed by atoms with Gasteiger partial charge in [-0.25, -0.2) is 0 Å². The van der Waals surface area contributed by atoms with Crippen LogP contribution in [0.1, 0.15) is 12.5 Å². The van der Waals surface area contributed by atoms with Gasteiger partial charge in [-0.05, 0) is 31.2 Å². The van der Waals surface area contributed by atoms with E-state index >= 15 is 0 Å². The van der Waals surface area contributed by atoms with E-state index < -0.39 is 0 Å². The Kier molecular flexibility index (Phi) is 5.44. The highest BCUT2D eigenvalue weighted by atomic mass is 16.5. The summed E-state index contributed by atoms with van der Waals surface area (Å²) in [5.41, 5.74) is 1.10. The maximum atomic E-state index is 12.2. The summed E-state index contributed by atoms with van der Waals surface area (Å²) in [6.07, 6.45) is 0. The van der Waals surface area contributed by atoms with Crippen molar-refractivity contribution in [3.8, 4) is 11.5 Å². The molecule has 1 amide bonds. The maximum Gasteiger partial charge on any atom is 0.260 e. The molecule has 5 nitrogen and oxygen atoms in total. The van der Waals surface area contributed by atoms with Crippen LogP contribution in [0.4, 0.5) is 0 Å². The summed E-state index contributed by atoms with van der Waals surface area (Å²) in [4.78, 5) is 16.4. The standard InChI is InChI=1S/C16H24N2O3/c1-4-17-7-9-18(10-8-17)16(19)12-21-14-6-5-13(2)11-15(14)20-3/h5-6,11H,4,7-10,12H2,1-3H3. The van der Waals surface area contributed by atoms with Gasteiger partial charge in [0.2, 0.25) is 0 Å². The summed E-state index contributed by atoms with van der Waals surface area (Å²) in [7, 11) is 1.60. The van der Waals surface area contributed by atoms with Crippen molar-refractivity contribution in [1.82, 2.24) is 9.80 Å². The number of amides is 1. The van der Waals surface area contributed by atoms with Crippen LogP contribution in [0, 0.1) is 6.92 Å². The molecule has 0 atom stereocenters. The first kappa shape index (κ1) is 15.6. The summed E-state index contributed by atoms with van der Waals surface area (Å²) in [5, 5.41) is 0. The van der Waals surface area contributed by atoms with Gasteiger partial charge in [0.25, 0.3) is 5.91 Å². The SMILES string of the molecule is CCN1CCN(C(=O)COc2ccc(C)cc2OC)CC1. The maximum absolute atomic E-state index is 12.2. The molecule has 1 saturated heterocycles. The number of hydrogen-bond acceptors (Lipinski definition) is 4. The fourth-order valence-electron chi connectivity index (χ4n) is 2.44. The number of rotatable bonds is 5. The number of likely N-dealkylation sites (N-methyl/N-ethyl adjacent to an activating group) is 1. The molecule has 0 saturated carbocycles. The molecule has 2 rings (SSSR count). The van der Waals surface area contributed by atoms with Gasteiger partial charge >= 0.3 is 0 Å². The molecule has 5 heteroatoms. The summed E-state index contributed by atoms with van der Waals surface area (Å²) >= 11 is 0. The third-order valence-electron chi connectivity index (χ3n) is 3.84. The van der Waals surface area contributed by atoms with Gasteiger partial charge in [-0.15, -0.1) is 0 Å². The Balaban J connectivity index is 1.87. The van der Waals surface area contributed by atoms with Crippen LogP contribution in [-0.4, -0.2) is 62.1 Å². The number of ether oxygens (including phenoxy) is 2. The number of hydrogen-bond donors (Lipinski definition) is 0. The van der Waals surface area contributed by atoms with Gasteiger partial charge in [0.05, 0.1) is 7.11 Å². The zero-order valence-corrected chi connectivity index (χ0v) is 13.1. The summed E-state index contributed by atoms with van der Waals surface area (Å²) in [5.74, 6) is 1.32. The highest BCUT2D eigenvalue weighted by molar-refractivity contribution is 5.78. The molecule has 1 aliphatic rings. The molecule has 0 N–H and O–H groups in total. The molecule has 1 fully saturated rings. The highest BCUT2D eigenvalue weighted by Crippen LogP contribution is 2.27. The van der Waals surface area contributed by atoms with Crippen LogP contribution >= 0.6 is 0 Å². The van der Waals surface area contributed by atoms with Crippen LogP contribution in [-0.2, 0) is 4.79 Å². The Bertz CT molecular complexity index is 482. The largest absolute Gasteiger partial charge is 0.493 e. The summed E-state index contributed by atoms with van der Waals surface area (Å²) < 4.78 is 10.9. The lowest BCUT2D eigenvalue weighted by Crippen LogP contribution is -2.49. The number of nitrogens with zero attached hydrogens (tertiary/aromatic N) is 2. The molecule has 1 aromatic carbocycles. The van der Waals surface area contributed by atoms with Crippen molar-refractivity contribution >= 4 is 5.91 Å². The third-order valence-corrected chi connectivity index (χ3v) is 3.84. The average molecular weight is 292 g/mol. The van der Waals surface area contributed by atoms with Gasteiger partial charge in [0, 0.05) is 26.2 Å². The second-order valence-electron chi connectivity index (χ2n) is 5.26. The molecule has 0 radical (unpaired) electrons. The van der Waals surface area contributed by atoms with Crippen LogP contribution in [0.15, 0.2) is 18.2 Å². The number of aryl methyl sites for hydroxylation is 1. The van der Waals surface area contributed by atoms with Crippen LogP contribution in [0.25, 0.3) is 0 Å². The fourth-order valence-corrected chi connectivity index (χ4v) is 2.44. The van der Waals surface area contributed by atoms with E-state index in [4.69, 9.17) is 9.47 Å². The predicted octanol–water partition coefficient (Wildman–Crippen LogP) is 1.55. The minimum atomic E-state index is 0.0355. The monoisotopic (exact) mass is 292 g/mol. The topological polar surface area (TPSA) is 42.0 Å². The third kappa shape index (κ3) is 4.11. The fraction of sp³-hybridized carbons (Fsp3) is 0.562. The Morgan fingerprint density at radius 2 is 1.90 bits per heavy atom. The minimum Gasteiger partial charge on any atom is -0.493 e. The molecular weight excluding hydrogens is 268 g/mol. The second kappa shape index (κ2) is 7.31. The van der Waals surface area contributed by atoms with E-state index in [1.807, 2.05) is 30.0 Å². The smallest absolute Gasteiger partial charge is 0.260 e. The minimum absolute atomic E-state index is 0.0355. The zero-order chi connectivity index (χ0) is 15.2. The Hall–Kier alpha value is -1.75. The molecule has 0 unspecified atom stereocenters. The van der Waals surface area contributed by atoms with Crippen molar-refractivity contribution in [3.63, 3.8) is 0 Å². The van der Waals surface area contributed by atoms with Gasteiger partial charge in [-0.1, -0.05) is 13.0 Å². The molecule has 0 aromatic heterocycles. The Morgan fingerprint density at radius 1 is 1.19 bits per heavy atom. The zero-order valence-electron chi connectivity index (χ0n) is 13.1. The molecule has 0 spiro atoms. The molecule has 116 valence electrons. The number of carbonyl (C=O) groups excluding carboxylic acids is 1. The van der Waals surface area contributed by atoms with Crippen LogP contribution < -0.4 is 9.47 Å². The first-order chi connectivity index (χ1) is 10.1. The molecule has 1 heterocycles. The Labute approximate surface area is 126 Å². The van der Waals surface area contributed by atoms with Gasteiger partial charge in [0.1, 0.15) is 0 Å². The predicted molar refractivity (Wildman–Crippen MR) is 81.9 cm³/mol. The van der Waals surface area contributed by atoms with Crippen LogP contribution in [0.2, 0.25) is 0 Å². The summed E-state index contributed by atoms with van der Waals surface area (Å²) in [6, 6.07) is 5.69. The van der Waals surface area contributed by atoms with E-state index in [-0.39, 0.29) is 12.5 Å². The van der Waals surface area contributed by atoms with E-state index in [1.54, 1.807) is 7.11 Å². The molecular formula is C16H24N2O3.